The smallest absolute Gasteiger partial charge is 0.258 e. The molecule has 0 spiro atoms. The number of anilines is 1. The van der Waals surface area contributed by atoms with E-state index in [-0.39, 0.29) is 17.0 Å². The summed E-state index contributed by atoms with van der Waals surface area (Å²) in [7, 11) is -3.76. The molecule has 0 fully saturated rings. The van der Waals surface area contributed by atoms with Crippen LogP contribution in [0.25, 0.3) is 11.0 Å². The van der Waals surface area contributed by atoms with Gasteiger partial charge in [0, 0.05) is 12.1 Å². The summed E-state index contributed by atoms with van der Waals surface area (Å²) in [5.74, 6) is -0.157. The van der Waals surface area contributed by atoms with Crippen LogP contribution in [0.2, 0.25) is 0 Å². The quantitative estimate of drug-likeness (QED) is 0.457. The number of nitrogens with zero attached hydrogens (tertiary/aromatic N) is 1. The van der Waals surface area contributed by atoms with E-state index in [9.17, 15) is 13.2 Å². The van der Waals surface area contributed by atoms with Crippen LogP contribution >= 0.6 is 0 Å². The average Bonchev–Trinajstić information content (AvgIpc) is 3.15. The van der Waals surface area contributed by atoms with Crippen LogP contribution in [0, 0.1) is 0 Å². The minimum atomic E-state index is -3.76. The summed E-state index contributed by atoms with van der Waals surface area (Å²) in [5, 5.41) is 2.66. The number of carbonyl (C=O) groups is 1. The second-order valence-electron chi connectivity index (χ2n) is 6.39. The molecule has 4 aromatic rings. The van der Waals surface area contributed by atoms with Gasteiger partial charge in [0.2, 0.25) is 16.0 Å². The summed E-state index contributed by atoms with van der Waals surface area (Å²) in [4.78, 5) is 19.9. The number of benzene rings is 3. The molecule has 8 heteroatoms. The molecule has 29 heavy (non-hydrogen) atoms. The number of rotatable bonds is 6. The molecule has 1 aromatic heterocycles. The van der Waals surface area contributed by atoms with Gasteiger partial charge in [0.1, 0.15) is 0 Å². The van der Waals surface area contributed by atoms with Crippen molar-refractivity contribution in [1.82, 2.24) is 14.7 Å². The molecule has 0 saturated carbocycles. The molecule has 3 aromatic carbocycles. The highest BCUT2D eigenvalue weighted by molar-refractivity contribution is 7.89. The number of H-pyrrole nitrogens is 1. The number of imidazole rings is 1. The Labute approximate surface area is 167 Å². The highest BCUT2D eigenvalue weighted by Gasteiger charge is 2.17. The van der Waals surface area contributed by atoms with Crippen molar-refractivity contribution >= 4 is 32.9 Å². The Balaban J connectivity index is 1.50. The number of hydrogen-bond acceptors (Lipinski definition) is 4. The lowest BCUT2D eigenvalue weighted by atomic mass is 10.2. The van der Waals surface area contributed by atoms with Gasteiger partial charge in [-0.15, -0.1) is 0 Å². The van der Waals surface area contributed by atoms with Crippen LogP contribution in [0.15, 0.2) is 83.8 Å². The van der Waals surface area contributed by atoms with E-state index in [4.69, 9.17) is 0 Å². The first-order chi connectivity index (χ1) is 14.0. The first-order valence-electron chi connectivity index (χ1n) is 8.91. The monoisotopic (exact) mass is 406 g/mol. The van der Waals surface area contributed by atoms with Gasteiger partial charge in [0.05, 0.1) is 15.9 Å². The van der Waals surface area contributed by atoms with Crippen molar-refractivity contribution in [3.63, 3.8) is 0 Å². The molecule has 146 valence electrons. The molecule has 7 nitrogen and oxygen atoms in total. The summed E-state index contributed by atoms with van der Waals surface area (Å²) < 4.78 is 27.7. The molecule has 0 aliphatic heterocycles. The van der Waals surface area contributed by atoms with E-state index in [1.54, 1.807) is 6.07 Å². The molecule has 0 saturated heterocycles. The lowest BCUT2D eigenvalue weighted by molar-refractivity contribution is 0.102. The predicted molar refractivity (Wildman–Crippen MR) is 111 cm³/mol. The zero-order valence-corrected chi connectivity index (χ0v) is 16.1. The second kappa shape index (κ2) is 7.86. The van der Waals surface area contributed by atoms with E-state index in [1.807, 2.05) is 54.6 Å². The Hall–Kier alpha value is -3.49. The molecular weight excluding hydrogens is 388 g/mol. The number of sulfonamides is 1. The van der Waals surface area contributed by atoms with Gasteiger partial charge in [-0.05, 0) is 35.9 Å². The number of amides is 1. The first-order valence-corrected chi connectivity index (χ1v) is 10.4. The Morgan fingerprint density at radius 1 is 0.931 bits per heavy atom. The zero-order valence-electron chi connectivity index (χ0n) is 15.3. The molecule has 3 N–H and O–H groups in total. The molecule has 0 unspecified atom stereocenters. The topological polar surface area (TPSA) is 104 Å². The van der Waals surface area contributed by atoms with Crippen molar-refractivity contribution in [2.75, 3.05) is 5.32 Å². The maximum Gasteiger partial charge on any atom is 0.258 e. The summed E-state index contributed by atoms with van der Waals surface area (Å²) in [6.07, 6.45) is 0. The third-order valence-electron chi connectivity index (χ3n) is 4.34. The van der Waals surface area contributed by atoms with Crippen LogP contribution in [-0.4, -0.2) is 24.3 Å². The van der Waals surface area contributed by atoms with E-state index in [2.05, 4.69) is 20.0 Å². The maximum atomic E-state index is 12.6. The SMILES string of the molecule is O=C(Nc1nc2ccccc2[nH]1)c1cccc(S(=O)(=O)NCc2ccccc2)c1. The van der Waals surface area contributed by atoms with Crippen molar-refractivity contribution in [2.24, 2.45) is 0 Å². The number of nitrogens with one attached hydrogen (secondary N) is 3. The summed E-state index contributed by atoms with van der Waals surface area (Å²) in [6.45, 7) is 0.165. The van der Waals surface area contributed by atoms with Crippen LogP contribution in [0.3, 0.4) is 0 Å². The highest BCUT2D eigenvalue weighted by Crippen LogP contribution is 2.16. The Morgan fingerprint density at radius 3 is 2.48 bits per heavy atom. The maximum absolute atomic E-state index is 12.6. The fraction of sp³-hybridized carbons (Fsp3) is 0.0476. The normalized spacial score (nSPS) is 11.4. The molecule has 1 heterocycles. The van der Waals surface area contributed by atoms with Crippen LogP contribution in [-0.2, 0) is 16.6 Å². The molecule has 0 aliphatic rings. The molecule has 0 bridgehead atoms. The standard InChI is InChI=1S/C21H18N4O3S/c26-20(25-21-23-18-11-4-5-12-19(18)24-21)16-9-6-10-17(13-16)29(27,28)22-14-15-7-2-1-3-8-15/h1-13,22H,14H2,(H2,23,24,25,26). The zero-order chi connectivity index (χ0) is 20.3. The van der Waals surface area contributed by atoms with Gasteiger partial charge in [-0.3, -0.25) is 10.1 Å². The number of aromatic nitrogens is 2. The largest absolute Gasteiger partial charge is 0.324 e. The van der Waals surface area contributed by atoms with Crippen LogP contribution < -0.4 is 10.0 Å². The Morgan fingerprint density at radius 2 is 1.69 bits per heavy atom. The summed E-state index contributed by atoms with van der Waals surface area (Å²) >= 11 is 0. The molecule has 1 amide bonds. The summed E-state index contributed by atoms with van der Waals surface area (Å²) in [5.41, 5.74) is 2.58. The van der Waals surface area contributed by atoms with E-state index < -0.39 is 15.9 Å². The molecule has 0 radical (unpaired) electrons. The molecule has 4 rings (SSSR count). The number of fused-ring (bicyclic) bond motifs is 1. The number of hydrogen-bond donors (Lipinski definition) is 3. The lowest BCUT2D eigenvalue weighted by Crippen LogP contribution is -2.23. The van der Waals surface area contributed by atoms with E-state index in [1.165, 1.54) is 18.2 Å². The van der Waals surface area contributed by atoms with Gasteiger partial charge in [-0.2, -0.15) is 0 Å². The van der Waals surface area contributed by atoms with E-state index in [0.29, 0.717) is 5.95 Å². The minimum absolute atomic E-state index is 0.0192. The predicted octanol–water partition coefficient (Wildman–Crippen LogP) is 3.29. The third-order valence-corrected chi connectivity index (χ3v) is 5.74. The fourth-order valence-electron chi connectivity index (χ4n) is 2.85. The van der Waals surface area contributed by atoms with E-state index in [0.717, 1.165) is 16.6 Å². The Bertz CT molecular complexity index is 1230. The van der Waals surface area contributed by atoms with Gasteiger partial charge < -0.3 is 4.98 Å². The van der Waals surface area contributed by atoms with Gasteiger partial charge >= 0.3 is 0 Å². The average molecular weight is 406 g/mol. The van der Waals surface area contributed by atoms with Crippen LogP contribution in [0.5, 0.6) is 0 Å². The van der Waals surface area contributed by atoms with Gasteiger partial charge in [-0.25, -0.2) is 18.1 Å². The van der Waals surface area contributed by atoms with Gasteiger partial charge in [0.25, 0.3) is 5.91 Å². The molecule has 0 atom stereocenters. The summed E-state index contributed by atoms with van der Waals surface area (Å²) in [6, 6.07) is 22.5. The number of para-hydroxylation sites is 2. The van der Waals surface area contributed by atoms with Crippen molar-refractivity contribution in [3.8, 4) is 0 Å². The van der Waals surface area contributed by atoms with Crippen LogP contribution in [0.1, 0.15) is 15.9 Å². The molecule has 0 aliphatic carbocycles. The number of carbonyl (C=O) groups excluding carboxylic acids is 1. The Kier molecular flexibility index (Phi) is 5.11. The molecular formula is C21H18N4O3S. The number of aromatic amines is 1. The first kappa shape index (κ1) is 18.9. The van der Waals surface area contributed by atoms with Crippen molar-refractivity contribution < 1.29 is 13.2 Å². The second-order valence-corrected chi connectivity index (χ2v) is 8.16. The highest BCUT2D eigenvalue weighted by atomic mass is 32.2. The van der Waals surface area contributed by atoms with Crippen LogP contribution in [0.4, 0.5) is 5.95 Å². The minimum Gasteiger partial charge on any atom is -0.324 e. The van der Waals surface area contributed by atoms with Gasteiger partial charge in [0.15, 0.2) is 0 Å². The van der Waals surface area contributed by atoms with Crippen molar-refractivity contribution in [3.05, 3.63) is 90.0 Å². The fourth-order valence-corrected chi connectivity index (χ4v) is 3.92. The van der Waals surface area contributed by atoms with Crippen molar-refractivity contribution in [2.45, 2.75) is 11.4 Å². The van der Waals surface area contributed by atoms with E-state index >= 15 is 0 Å². The van der Waals surface area contributed by atoms with Gasteiger partial charge in [-0.1, -0.05) is 48.5 Å². The third kappa shape index (κ3) is 4.34. The van der Waals surface area contributed by atoms with Crippen molar-refractivity contribution in [1.29, 1.82) is 0 Å². The lowest BCUT2D eigenvalue weighted by Gasteiger charge is -2.08.